The number of anilines is 1. The number of furan rings is 1. The maximum absolute atomic E-state index is 11.8. The van der Waals surface area contributed by atoms with Crippen molar-refractivity contribution in [1.29, 1.82) is 0 Å². The molecule has 0 saturated carbocycles. The summed E-state index contributed by atoms with van der Waals surface area (Å²) < 4.78 is 15.5. The number of rotatable bonds is 7. The van der Waals surface area contributed by atoms with Gasteiger partial charge in [-0.15, -0.1) is 0 Å². The predicted molar refractivity (Wildman–Crippen MR) is 95.1 cm³/mol. The summed E-state index contributed by atoms with van der Waals surface area (Å²) in [6.07, 6.45) is 2.56. The number of benzene rings is 1. The van der Waals surface area contributed by atoms with Crippen LogP contribution in [0, 0.1) is 0 Å². The largest absolute Gasteiger partial charge is 0.482 e. The molecule has 0 saturated heterocycles. The van der Waals surface area contributed by atoms with E-state index in [4.69, 9.17) is 13.9 Å². The summed E-state index contributed by atoms with van der Waals surface area (Å²) in [5.74, 6) is 0.0114. The van der Waals surface area contributed by atoms with Crippen molar-refractivity contribution in [2.24, 2.45) is 0 Å². The standard InChI is InChI=1S/C19H20N2O6/c1-12(16-3-2-8-25-16)20-18(23)10-27-19(24)11-26-14-5-6-15-13(9-14)4-7-17(22)21-15/h2-3,5-6,8-9,12H,4,7,10-11H2,1H3,(H,20,23)(H,21,22)/t12-/m1/s1. The molecule has 1 aliphatic heterocycles. The zero-order chi connectivity index (χ0) is 19.2. The third kappa shape index (κ3) is 5.10. The average Bonchev–Trinajstić information content (AvgIpc) is 3.19. The zero-order valence-corrected chi connectivity index (χ0v) is 14.8. The number of aryl methyl sites for hydroxylation is 1. The lowest BCUT2D eigenvalue weighted by molar-refractivity contribution is -0.150. The second-order valence-corrected chi connectivity index (χ2v) is 6.12. The Bertz CT molecular complexity index is 831. The Balaban J connectivity index is 1.41. The number of ether oxygens (including phenoxy) is 2. The van der Waals surface area contributed by atoms with Crippen molar-refractivity contribution < 1.29 is 28.3 Å². The molecule has 0 radical (unpaired) electrons. The van der Waals surface area contributed by atoms with Gasteiger partial charge in [-0.1, -0.05) is 0 Å². The average molecular weight is 372 g/mol. The van der Waals surface area contributed by atoms with Crippen LogP contribution in [-0.2, 0) is 25.5 Å². The fourth-order valence-electron chi connectivity index (χ4n) is 2.67. The number of esters is 1. The molecule has 2 N–H and O–H groups in total. The second kappa shape index (κ2) is 8.39. The lowest BCUT2D eigenvalue weighted by Gasteiger charge is -2.17. The number of amides is 2. The number of hydrogen-bond acceptors (Lipinski definition) is 6. The first-order chi connectivity index (χ1) is 13.0. The van der Waals surface area contributed by atoms with Gasteiger partial charge >= 0.3 is 5.97 Å². The minimum atomic E-state index is -0.651. The van der Waals surface area contributed by atoms with E-state index in [1.54, 1.807) is 37.3 Å². The van der Waals surface area contributed by atoms with E-state index in [1.807, 2.05) is 0 Å². The quantitative estimate of drug-likeness (QED) is 0.720. The van der Waals surface area contributed by atoms with E-state index in [2.05, 4.69) is 10.6 Å². The van der Waals surface area contributed by atoms with Crippen LogP contribution in [0.25, 0.3) is 0 Å². The molecule has 1 aromatic heterocycles. The number of fused-ring (bicyclic) bond motifs is 1. The smallest absolute Gasteiger partial charge is 0.344 e. The van der Waals surface area contributed by atoms with Gasteiger partial charge in [0.25, 0.3) is 5.91 Å². The van der Waals surface area contributed by atoms with Gasteiger partial charge < -0.3 is 24.5 Å². The molecule has 2 heterocycles. The Morgan fingerprint density at radius 2 is 2.11 bits per heavy atom. The third-order valence-corrected chi connectivity index (χ3v) is 4.04. The van der Waals surface area contributed by atoms with Gasteiger partial charge in [-0.2, -0.15) is 0 Å². The minimum absolute atomic E-state index is 0.0145. The van der Waals surface area contributed by atoms with Gasteiger partial charge in [0.05, 0.1) is 12.3 Å². The molecule has 2 amide bonds. The highest BCUT2D eigenvalue weighted by Crippen LogP contribution is 2.26. The molecular formula is C19H20N2O6. The van der Waals surface area contributed by atoms with Crippen LogP contribution in [0.3, 0.4) is 0 Å². The van der Waals surface area contributed by atoms with Crippen LogP contribution in [0.2, 0.25) is 0 Å². The second-order valence-electron chi connectivity index (χ2n) is 6.12. The highest BCUT2D eigenvalue weighted by atomic mass is 16.6. The van der Waals surface area contributed by atoms with Gasteiger partial charge in [-0.05, 0) is 49.2 Å². The molecule has 2 aromatic rings. The van der Waals surface area contributed by atoms with Gasteiger partial charge in [0.15, 0.2) is 13.2 Å². The van der Waals surface area contributed by atoms with E-state index in [-0.39, 0.29) is 18.6 Å². The first kappa shape index (κ1) is 18.5. The van der Waals surface area contributed by atoms with Crippen molar-refractivity contribution in [2.75, 3.05) is 18.5 Å². The van der Waals surface area contributed by atoms with Gasteiger partial charge in [-0.3, -0.25) is 9.59 Å². The van der Waals surface area contributed by atoms with Gasteiger partial charge in [0.1, 0.15) is 11.5 Å². The van der Waals surface area contributed by atoms with Crippen molar-refractivity contribution in [3.05, 3.63) is 47.9 Å². The fourth-order valence-corrected chi connectivity index (χ4v) is 2.67. The van der Waals surface area contributed by atoms with Crippen molar-refractivity contribution in [3.8, 4) is 5.75 Å². The normalized spacial score (nSPS) is 13.9. The monoisotopic (exact) mass is 372 g/mol. The molecule has 0 aliphatic carbocycles. The summed E-state index contributed by atoms with van der Waals surface area (Å²) in [5.41, 5.74) is 1.70. The van der Waals surface area contributed by atoms with E-state index in [9.17, 15) is 14.4 Å². The molecule has 0 fully saturated rings. The van der Waals surface area contributed by atoms with Gasteiger partial charge in [-0.25, -0.2) is 4.79 Å². The van der Waals surface area contributed by atoms with Crippen LogP contribution in [0.15, 0.2) is 41.0 Å². The lowest BCUT2D eigenvalue weighted by Crippen LogP contribution is -2.31. The van der Waals surface area contributed by atoms with Crippen molar-refractivity contribution in [3.63, 3.8) is 0 Å². The molecular weight excluding hydrogens is 352 g/mol. The first-order valence-corrected chi connectivity index (χ1v) is 8.55. The summed E-state index contributed by atoms with van der Waals surface area (Å²) in [7, 11) is 0. The molecule has 0 bridgehead atoms. The Labute approximate surface area is 155 Å². The predicted octanol–water partition coefficient (Wildman–Crippen LogP) is 1.96. The molecule has 8 nitrogen and oxygen atoms in total. The summed E-state index contributed by atoms with van der Waals surface area (Å²) in [6.45, 7) is 1.05. The summed E-state index contributed by atoms with van der Waals surface area (Å²) in [4.78, 5) is 34.9. The van der Waals surface area contributed by atoms with Gasteiger partial charge in [0.2, 0.25) is 5.91 Å². The maximum Gasteiger partial charge on any atom is 0.344 e. The topological polar surface area (TPSA) is 107 Å². The molecule has 27 heavy (non-hydrogen) atoms. The highest BCUT2D eigenvalue weighted by molar-refractivity contribution is 5.94. The summed E-state index contributed by atoms with van der Waals surface area (Å²) >= 11 is 0. The Morgan fingerprint density at radius 1 is 1.26 bits per heavy atom. The molecule has 3 rings (SSSR count). The minimum Gasteiger partial charge on any atom is -0.482 e. The first-order valence-electron chi connectivity index (χ1n) is 8.55. The molecule has 1 aromatic carbocycles. The van der Waals surface area contributed by atoms with Crippen LogP contribution in [0.4, 0.5) is 5.69 Å². The van der Waals surface area contributed by atoms with Crippen molar-refractivity contribution in [1.82, 2.24) is 5.32 Å². The van der Waals surface area contributed by atoms with E-state index in [0.29, 0.717) is 24.4 Å². The molecule has 0 unspecified atom stereocenters. The Morgan fingerprint density at radius 3 is 2.89 bits per heavy atom. The zero-order valence-electron chi connectivity index (χ0n) is 14.8. The summed E-state index contributed by atoms with van der Waals surface area (Å²) in [5, 5.41) is 5.44. The summed E-state index contributed by atoms with van der Waals surface area (Å²) in [6, 6.07) is 8.32. The van der Waals surface area contributed by atoms with E-state index < -0.39 is 18.5 Å². The van der Waals surface area contributed by atoms with Gasteiger partial charge in [0, 0.05) is 12.1 Å². The number of carbonyl (C=O) groups is 3. The van der Waals surface area contributed by atoms with Crippen LogP contribution in [0.1, 0.15) is 30.7 Å². The highest BCUT2D eigenvalue weighted by Gasteiger charge is 2.16. The maximum atomic E-state index is 11.8. The molecule has 1 atom stereocenters. The van der Waals surface area contributed by atoms with Crippen LogP contribution < -0.4 is 15.4 Å². The SMILES string of the molecule is C[C@@H](NC(=O)COC(=O)COc1ccc2c(c1)CCC(=O)N2)c1ccco1. The van der Waals surface area contributed by atoms with E-state index in [1.165, 1.54) is 6.26 Å². The molecule has 142 valence electrons. The van der Waals surface area contributed by atoms with Crippen LogP contribution >= 0.6 is 0 Å². The third-order valence-electron chi connectivity index (χ3n) is 4.04. The number of hydrogen-bond donors (Lipinski definition) is 2. The fraction of sp³-hybridized carbons (Fsp3) is 0.316. The van der Waals surface area contributed by atoms with Crippen molar-refractivity contribution in [2.45, 2.75) is 25.8 Å². The molecule has 8 heteroatoms. The van der Waals surface area contributed by atoms with E-state index >= 15 is 0 Å². The molecule has 1 aliphatic rings. The Kier molecular flexibility index (Phi) is 5.75. The lowest BCUT2D eigenvalue weighted by atomic mass is 10.0. The van der Waals surface area contributed by atoms with E-state index in [0.717, 1.165) is 11.3 Å². The number of nitrogens with one attached hydrogen (secondary N) is 2. The molecule has 0 spiro atoms. The van der Waals surface area contributed by atoms with Crippen LogP contribution in [0.5, 0.6) is 5.75 Å². The Hall–Kier alpha value is -3.29. The van der Waals surface area contributed by atoms with Crippen molar-refractivity contribution >= 4 is 23.5 Å². The number of carbonyl (C=O) groups excluding carboxylic acids is 3. The van der Waals surface area contributed by atoms with Crippen LogP contribution in [-0.4, -0.2) is 31.0 Å².